The number of fused-ring (bicyclic) bond motifs is 5. The van der Waals surface area contributed by atoms with Crippen molar-refractivity contribution in [1.82, 2.24) is 4.90 Å². The highest BCUT2D eigenvalue weighted by atomic mass is 35.5. The molecule has 2 aliphatic rings. The van der Waals surface area contributed by atoms with E-state index in [0.29, 0.717) is 12.1 Å². The van der Waals surface area contributed by atoms with Gasteiger partial charge in [0.2, 0.25) is 0 Å². The first-order valence-corrected chi connectivity index (χ1v) is 9.04. The van der Waals surface area contributed by atoms with Crippen LogP contribution in [0, 0.1) is 0 Å². The predicted octanol–water partition coefficient (Wildman–Crippen LogP) is 5.76. The number of rotatable bonds is 1. The molecule has 0 saturated carbocycles. The van der Waals surface area contributed by atoms with Crippen molar-refractivity contribution in [3.8, 4) is 0 Å². The zero-order valence-electron chi connectivity index (χ0n) is 12.9. The smallest absolute Gasteiger partial charge is 0.0451 e. The molecule has 5 rings (SSSR count). The first kappa shape index (κ1) is 15.2. The molecule has 3 heteroatoms. The van der Waals surface area contributed by atoms with Crippen molar-refractivity contribution < 1.29 is 0 Å². The zero-order chi connectivity index (χ0) is 14.5. The molecular formula is C20H20ClNS. The lowest BCUT2D eigenvalue weighted by Gasteiger charge is -2.38. The molecule has 3 aromatic rings. The van der Waals surface area contributed by atoms with Crippen molar-refractivity contribution in [2.24, 2.45) is 0 Å². The van der Waals surface area contributed by atoms with E-state index in [4.69, 9.17) is 0 Å². The third kappa shape index (κ3) is 2.32. The van der Waals surface area contributed by atoms with Crippen LogP contribution in [-0.4, -0.2) is 11.4 Å². The first-order valence-electron chi connectivity index (χ1n) is 8.23. The third-order valence-corrected chi connectivity index (χ3v) is 6.62. The highest BCUT2D eigenvalue weighted by molar-refractivity contribution is 7.19. The Morgan fingerprint density at radius 1 is 0.913 bits per heavy atom. The molecule has 0 radical (unpaired) electrons. The molecule has 0 spiro atoms. The summed E-state index contributed by atoms with van der Waals surface area (Å²) in [4.78, 5) is 4.40. The minimum absolute atomic E-state index is 0. The summed E-state index contributed by atoms with van der Waals surface area (Å²) in [5.41, 5.74) is 3.10. The van der Waals surface area contributed by atoms with Crippen LogP contribution < -0.4 is 0 Å². The van der Waals surface area contributed by atoms with Gasteiger partial charge in [-0.3, -0.25) is 4.90 Å². The van der Waals surface area contributed by atoms with Crippen molar-refractivity contribution in [3.05, 3.63) is 70.6 Å². The maximum Gasteiger partial charge on any atom is 0.0451 e. The van der Waals surface area contributed by atoms with E-state index in [1.165, 1.54) is 41.5 Å². The Balaban J connectivity index is 0.00000135. The van der Waals surface area contributed by atoms with Crippen LogP contribution >= 0.6 is 23.7 Å². The highest BCUT2D eigenvalue weighted by Gasteiger charge is 2.39. The fourth-order valence-electron chi connectivity index (χ4n) is 4.34. The molecule has 118 valence electrons. The Morgan fingerprint density at radius 2 is 1.70 bits per heavy atom. The summed E-state index contributed by atoms with van der Waals surface area (Å²) in [7, 11) is 0. The summed E-state index contributed by atoms with van der Waals surface area (Å²) in [6.45, 7) is 1.25. The molecule has 3 heterocycles. The number of benzene rings is 2. The van der Waals surface area contributed by atoms with E-state index in [1.54, 1.807) is 10.4 Å². The summed E-state index contributed by atoms with van der Waals surface area (Å²) in [5, 5.41) is 1.50. The van der Waals surface area contributed by atoms with E-state index in [9.17, 15) is 0 Å². The molecule has 2 unspecified atom stereocenters. The van der Waals surface area contributed by atoms with Crippen molar-refractivity contribution in [2.75, 3.05) is 6.54 Å². The summed E-state index contributed by atoms with van der Waals surface area (Å²) in [5.74, 6) is 0. The van der Waals surface area contributed by atoms with Crippen LogP contribution in [0.1, 0.15) is 40.9 Å². The maximum absolute atomic E-state index is 2.76. The van der Waals surface area contributed by atoms with E-state index in [1.807, 2.05) is 11.3 Å². The number of halogens is 1. The fraction of sp³-hybridized carbons (Fsp3) is 0.300. The van der Waals surface area contributed by atoms with Gasteiger partial charge >= 0.3 is 0 Å². The minimum Gasteiger partial charge on any atom is -0.288 e. The van der Waals surface area contributed by atoms with Gasteiger partial charge in [-0.1, -0.05) is 48.5 Å². The van der Waals surface area contributed by atoms with Gasteiger partial charge < -0.3 is 0 Å². The van der Waals surface area contributed by atoms with Gasteiger partial charge in [-0.25, -0.2) is 0 Å². The van der Waals surface area contributed by atoms with Gasteiger partial charge in [-0.2, -0.15) is 0 Å². The van der Waals surface area contributed by atoms with Crippen molar-refractivity contribution in [3.63, 3.8) is 0 Å². The largest absolute Gasteiger partial charge is 0.288 e. The van der Waals surface area contributed by atoms with Crippen LogP contribution in [0.25, 0.3) is 10.1 Å². The van der Waals surface area contributed by atoms with E-state index < -0.39 is 0 Å². The predicted molar refractivity (Wildman–Crippen MR) is 101 cm³/mol. The van der Waals surface area contributed by atoms with Gasteiger partial charge in [-0.15, -0.1) is 23.7 Å². The van der Waals surface area contributed by atoms with Crippen molar-refractivity contribution >= 4 is 33.8 Å². The summed E-state index contributed by atoms with van der Waals surface area (Å²) in [6, 6.07) is 21.3. The standard InChI is InChI=1S/C20H19NS.ClH/c1-2-7-14(8-3-1)18-13-16-15-9-4-5-11-19(15)22-20(16)17-10-6-12-21(17)18;/h1-5,7-9,11,17-18H,6,10,12-13H2;1H. The highest BCUT2D eigenvalue weighted by Crippen LogP contribution is 2.50. The third-order valence-electron chi connectivity index (χ3n) is 5.31. The molecule has 23 heavy (non-hydrogen) atoms. The monoisotopic (exact) mass is 341 g/mol. The molecule has 2 aliphatic heterocycles. The molecule has 0 bridgehead atoms. The quantitative estimate of drug-likeness (QED) is 0.544. The molecule has 1 fully saturated rings. The summed E-state index contributed by atoms with van der Waals surface area (Å²) in [6.07, 6.45) is 3.82. The number of hydrogen-bond acceptors (Lipinski definition) is 2. The Kier molecular flexibility index (Phi) is 3.92. The molecular weight excluding hydrogens is 322 g/mol. The van der Waals surface area contributed by atoms with E-state index >= 15 is 0 Å². The molecule has 0 amide bonds. The Bertz CT molecular complexity index is 826. The Labute approximate surface area is 147 Å². The van der Waals surface area contributed by atoms with Gasteiger partial charge in [0.15, 0.2) is 0 Å². The molecule has 1 aromatic heterocycles. The maximum atomic E-state index is 2.76. The minimum atomic E-state index is 0. The molecule has 2 atom stereocenters. The zero-order valence-corrected chi connectivity index (χ0v) is 14.6. The normalized spacial score (nSPS) is 23.3. The van der Waals surface area contributed by atoms with Crippen LogP contribution in [0.15, 0.2) is 54.6 Å². The lowest BCUT2D eigenvalue weighted by molar-refractivity contribution is 0.167. The molecule has 1 nitrogen and oxygen atoms in total. The van der Waals surface area contributed by atoms with E-state index in [-0.39, 0.29) is 12.4 Å². The molecule has 2 aromatic carbocycles. The van der Waals surface area contributed by atoms with Gasteiger partial charge in [0.05, 0.1) is 0 Å². The molecule has 0 N–H and O–H groups in total. The Hall–Kier alpha value is -1.35. The SMILES string of the molecule is Cl.c1ccc(C2Cc3c(sc4ccccc34)C3CCCN23)cc1. The van der Waals surface area contributed by atoms with E-state index in [2.05, 4.69) is 59.5 Å². The second-order valence-electron chi connectivity index (χ2n) is 6.47. The van der Waals surface area contributed by atoms with Crippen molar-refractivity contribution in [1.29, 1.82) is 0 Å². The second kappa shape index (κ2) is 5.94. The van der Waals surface area contributed by atoms with Crippen molar-refractivity contribution in [2.45, 2.75) is 31.3 Å². The first-order chi connectivity index (χ1) is 10.9. The molecule has 1 saturated heterocycles. The number of nitrogens with zero attached hydrogens (tertiary/aromatic N) is 1. The lowest BCUT2D eigenvalue weighted by Crippen LogP contribution is -2.33. The fourth-order valence-corrected chi connectivity index (χ4v) is 5.73. The van der Waals surface area contributed by atoms with Gasteiger partial charge in [0, 0.05) is 21.7 Å². The van der Waals surface area contributed by atoms with Gasteiger partial charge in [0.1, 0.15) is 0 Å². The van der Waals surface area contributed by atoms with Gasteiger partial charge in [0.25, 0.3) is 0 Å². The summed E-state index contributed by atoms with van der Waals surface area (Å²) >= 11 is 2.03. The Morgan fingerprint density at radius 3 is 2.57 bits per heavy atom. The summed E-state index contributed by atoms with van der Waals surface area (Å²) < 4.78 is 1.47. The number of thiophene rings is 1. The van der Waals surface area contributed by atoms with Crippen LogP contribution in [0.5, 0.6) is 0 Å². The van der Waals surface area contributed by atoms with Crippen LogP contribution in [0.3, 0.4) is 0 Å². The van der Waals surface area contributed by atoms with Crippen LogP contribution in [-0.2, 0) is 6.42 Å². The lowest BCUT2D eigenvalue weighted by atomic mass is 9.89. The van der Waals surface area contributed by atoms with Gasteiger partial charge in [-0.05, 0) is 48.4 Å². The van der Waals surface area contributed by atoms with E-state index in [0.717, 1.165) is 0 Å². The number of hydrogen-bond donors (Lipinski definition) is 0. The molecule has 0 aliphatic carbocycles. The average molecular weight is 342 g/mol. The topological polar surface area (TPSA) is 3.24 Å². The van der Waals surface area contributed by atoms with Crippen LogP contribution in [0.4, 0.5) is 0 Å². The average Bonchev–Trinajstić information content (AvgIpc) is 3.19. The van der Waals surface area contributed by atoms with Crippen LogP contribution in [0.2, 0.25) is 0 Å². The second-order valence-corrected chi connectivity index (χ2v) is 7.55.